The van der Waals surface area contributed by atoms with Gasteiger partial charge in [-0.05, 0) is 20.8 Å². The van der Waals surface area contributed by atoms with Crippen LogP contribution in [0.3, 0.4) is 0 Å². The number of amides is 2. The smallest absolute Gasteiger partial charge is 0.404 e. The van der Waals surface area contributed by atoms with Crippen LogP contribution in [-0.4, -0.2) is 56.9 Å². The van der Waals surface area contributed by atoms with E-state index in [-0.39, 0.29) is 5.57 Å². The van der Waals surface area contributed by atoms with Gasteiger partial charge in [0.15, 0.2) is 5.92 Å². The summed E-state index contributed by atoms with van der Waals surface area (Å²) in [6, 6.07) is 0. The molecule has 25 heavy (non-hydrogen) atoms. The molecule has 3 atom stereocenters. The number of primary amides is 1. The van der Waals surface area contributed by atoms with Crippen molar-refractivity contribution in [2.24, 2.45) is 17.4 Å². The summed E-state index contributed by atoms with van der Waals surface area (Å²) in [6.07, 6.45) is -1.10. The quantitative estimate of drug-likeness (QED) is 0.337. The van der Waals surface area contributed by atoms with E-state index in [0.29, 0.717) is 0 Å². The molecular formula is C14H19N3O7S. The summed E-state index contributed by atoms with van der Waals surface area (Å²) < 4.78 is 9.82. The van der Waals surface area contributed by atoms with E-state index in [4.69, 9.17) is 16.2 Å². The maximum Gasteiger partial charge on any atom is 0.404 e. The lowest BCUT2D eigenvalue weighted by Crippen LogP contribution is -2.66. The number of β-lactam (4-membered cyclic amide) rings is 1. The van der Waals surface area contributed by atoms with E-state index in [9.17, 15) is 24.3 Å². The molecule has 0 aromatic carbocycles. The molecule has 0 spiro atoms. The predicted octanol–water partition coefficient (Wildman–Crippen LogP) is -0.422. The number of ether oxygens (including phenoxy) is 2. The summed E-state index contributed by atoms with van der Waals surface area (Å²) in [5.74, 6) is -3.99. The molecule has 10 nitrogen and oxygen atoms in total. The minimum atomic E-state index is -1.42. The highest BCUT2D eigenvalue weighted by Crippen LogP contribution is 2.46. The molecule has 11 heteroatoms. The van der Waals surface area contributed by atoms with Crippen LogP contribution in [0.1, 0.15) is 20.8 Å². The maximum absolute atomic E-state index is 12.4. The average molecular weight is 373 g/mol. The number of nitrogens with zero attached hydrogens (tertiary/aromatic N) is 1. The molecule has 1 fully saturated rings. The number of carbonyl (C=O) groups excluding carboxylic acids is 3. The molecule has 2 amide bonds. The van der Waals surface area contributed by atoms with Gasteiger partial charge < -0.3 is 26.0 Å². The lowest BCUT2D eigenvalue weighted by Gasteiger charge is -2.49. The summed E-state index contributed by atoms with van der Waals surface area (Å²) in [5.41, 5.74) is 9.66. The molecule has 2 aliphatic rings. The minimum Gasteiger partial charge on any atom is -0.477 e. The SMILES string of the molecule is CC(C)(C)OC(=O)C1C(=O)N2C(C(=O)O)=C(COC(N)=O)C(N)S[C@H]12. The lowest BCUT2D eigenvalue weighted by atomic mass is 9.95. The second-order valence-corrected chi connectivity index (χ2v) is 7.72. The van der Waals surface area contributed by atoms with Crippen LogP contribution in [-0.2, 0) is 23.9 Å². The Morgan fingerprint density at radius 3 is 2.40 bits per heavy atom. The first-order valence-electron chi connectivity index (χ1n) is 7.29. The fourth-order valence-corrected chi connectivity index (χ4v) is 3.85. The van der Waals surface area contributed by atoms with Crippen molar-refractivity contribution in [3.8, 4) is 0 Å². The number of thioether (sulfide) groups is 1. The number of hydrogen-bond acceptors (Lipinski definition) is 8. The van der Waals surface area contributed by atoms with Crippen LogP contribution < -0.4 is 11.5 Å². The van der Waals surface area contributed by atoms with E-state index in [1.807, 2.05) is 0 Å². The van der Waals surface area contributed by atoms with Gasteiger partial charge in [0.1, 0.15) is 23.3 Å². The third kappa shape index (κ3) is 3.71. The standard InChI is InChI=1S/C14H19N3O7S/c1-14(2,3)24-12(21)6-9(18)17-7(11(19)20)5(4-23-13(16)22)8(15)25-10(6)17/h6,8,10H,4,15H2,1-3H3,(H2,16,22)(H,19,20)/t6?,8?,10-/m1/s1. The normalized spacial score (nSPS) is 25.8. The van der Waals surface area contributed by atoms with Gasteiger partial charge in [0.05, 0.1) is 5.37 Å². The molecule has 0 bridgehead atoms. The van der Waals surface area contributed by atoms with Crippen LogP contribution in [0.15, 0.2) is 11.3 Å². The number of rotatable bonds is 4. The van der Waals surface area contributed by atoms with Crippen molar-refractivity contribution in [1.29, 1.82) is 0 Å². The van der Waals surface area contributed by atoms with Gasteiger partial charge in [-0.2, -0.15) is 0 Å². The Morgan fingerprint density at radius 1 is 1.32 bits per heavy atom. The Kier molecular flexibility index (Phi) is 5.00. The van der Waals surface area contributed by atoms with Crippen LogP contribution in [0.2, 0.25) is 0 Å². The number of esters is 1. The summed E-state index contributed by atoms with van der Waals surface area (Å²) in [5, 5.41) is 7.76. The minimum absolute atomic E-state index is 0.0311. The van der Waals surface area contributed by atoms with Crippen molar-refractivity contribution in [2.75, 3.05) is 6.61 Å². The van der Waals surface area contributed by atoms with E-state index in [0.717, 1.165) is 16.7 Å². The largest absolute Gasteiger partial charge is 0.477 e. The van der Waals surface area contributed by atoms with Gasteiger partial charge in [0, 0.05) is 5.57 Å². The van der Waals surface area contributed by atoms with Crippen molar-refractivity contribution in [3.05, 3.63) is 11.3 Å². The van der Waals surface area contributed by atoms with Crippen LogP contribution in [0, 0.1) is 5.92 Å². The van der Waals surface area contributed by atoms with Crippen LogP contribution in [0.4, 0.5) is 4.79 Å². The van der Waals surface area contributed by atoms with E-state index >= 15 is 0 Å². The van der Waals surface area contributed by atoms with Crippen LogP contribution in [0.5, 0.6) is 0 Å². The first-order valence-corrected chi connectivity index (χ1v) is 8.24. The molecule has 0 aromatic heterocycles. The lowest BCUT2D eigenvalue weighted by molar-refractivity contribution is -0.175. The zero-order valence-electron chi connectivity index (χ0n) is 13.8. The molecule has 0 aliphatic carbocycles. The van der Waals surface area contributed by atoms with E-state index in [1.165, 1.54) is 0 Å². The summed E-state index contributed by atoms with van der Waals surface area (Å²) in [4.78, 5) is 47.9. The highest BCUT2D eigenvalue weighted by atomic mass is 32.2. The molecule has 0 radical (unpaired) electrons. The number of carboxylic acids is 1. The summed E-state index contributed by atoms with van der Waals surface area (Å²) in [7, 11) is 0. The van der Waals surface area contributed by atoms with Gasteiger partial charge in [-0.3, -0.25) is 14.5 Å². The van der Waals surface area contributed by atoms with Crippen molar-refractivity contribution in [1.82, 2.24) is 4.90 Å². The van der Waals surface area contributed by atoms with Gasteiger partial charge in [0.2, 0.25) is 5.91 Å². The molecule has 2 heterocycles. The fourth-order valence-electron chi connectivity index (χ4n) is 2.49. The van der Waals surface area contributed by atoms with Crippen molar-refractivity contribution >= 4 is 35.7 Å². The Balaban J connectivity index is 2.30. The van der Waals surface area contributed by atoms with Crippen LogP contribution in [0.25, 0.3) is 0 Å². The van der Waals surface area contributed by atoms with Gasteiger partial charge in [-0.25, -0.2) is 9.59 Å². The average Bonchev–Trinajstić information content (AvgIpc) is 2.42. The Hall–Kier alpha value is -2.27. The Labute approximate surface area is 147 Å². The second-order valence-electron chi connectivity index (χ2n) is 6.45. The Morgan fingerprint density at radius 2 is 1.92 bits per heavy atom. The van der Waals surface area contributed by atoms with Crippen molar-refractivity contribution in [2.45, 2.75) is 37.1 Å². The topological polar surface area (TPSA) is 162 Å². The van der Waals surface area contributed by atoms with Gasteiger partial charge in [0.25, 0.3) is 0 Å². The molecular weight excluding hydrogens is 354 g/mol. The molecule has 1 saturated heterocycles. The third-order valence-electron chi connectivity index (χ3n) is 3.45. The highest BCUT2D eigenvalue weighted by Gasteiger charge is 2.59. The van der Waals surface area contributed by atoms with E-state index < -0.39 is 58.5 Å². The fraction of sp³-hybridized carbons (Fsp3) is 0.571. The number of carboxylic acid groups (broad SMARTS) is 1. The monoisotopic (exact) mass is 373 g/mol. The number of nitrogens with two attached hydrogens (primary N) is 2. The number of fused-ring (bicyclic) bond motifs is 1. The molecule has 0 saturated carbocycles. The number of hydrogen-bond donors (Lipinski definition) is 3. The molecule has 2 aliphatic heterocycles. The first kappa shape index (κ1) is 19.1. The molecule has 2 unspecified atom stereocenters. The van der Waals surface area contributed by atoms with Gasteiger partial charge >= 0.3 is 18.0 Å². The molecule has 2 rings (SSSR count). The zero-order chi connectivity index (χ0) is 19.1. The van der Waals surface area contributed by atoms with Crippen molar-refractivity contribution in [3.63, 3.8) is 0 Å². The Bertz CT molecular complexity index is 670. The first-order chi connectivity index (χ1) is 11.4. The zero-order valence-corrected chi connectivity index (χ0v) is 14.7. The number of aliphatic carboxylic acids is 1. The molecule has 138 valence electrons. The van der Waals surface area contributed by atoms with E-state index in [2.05, 4.69) is 4.74 Å². The van der Waals surface area contributed by atoms with Gasteiger partial charge in [-0.1, -0.05) is 0 Å². The highest BCUT2D eigenvalue weighted by molar-refractivity contribution is 8.00. The van der Waals surface area contributed by atoms with E-state index in [1.54, 1.807) is 20.8 Å². The third-order valence-corrected chi connectivity index (χ3v) is 4.79. The molecule has 0 aromatic rings. The predicted molar refractivity (Wildman–Crippen MR) is 85.7 cm³/mol. The summed E-state index contributed by atoms with van der Waals surface area (Å²) >= 11 is 1.01. The second kappa shape index (κ2) is 6.56. The summed E-state index contributed by atoms with van der Waals surface area (Å²) in [6.45, 7) is 4.52. The maximum atomic E-state index is 12.4. The number of carbonyl (C=O) groups is 4. The van der Waals surface area contributed by atoms with Crippen LogP contribution >= 0.6 is 11.8 Å². The van der Waals surface area contributed by atoms with Gasteiger partial charge in [-0.15, -0.1) is 11.8 Å². The van der Waals surface area contributed by atoms with Crippen molar-refractivity contribution < 1.29 is 33.8 Å². The molecule has 5 N–H and O–H groups in total.